The van der Waals surface area contributed by atoms with Crippen molar-refractivity contribution in [3.05, 3.63) is 18.1 Å². The molecular formula is C15H26N6O. The lowest BCUT2D eigenvalue weighted by Gasteiger charge is -2.32. The lowest BCUT2D eigenvalue weighted by molar-refractivity contribution is 0.0947. The molecule has 1 N–H and O–H groups in total. The highest BCUT2D eigenvalue weighted by molar-refractivity contribution is 5.91. The van der Waals surface area contributed by atoms with Crippen LogP contribution in [-0.2, 0) is 0 Å². The van der Waals surface area contributed by atoms with E-state index in [-0.39, 0.29) is 5.91 Å². The average molecular weight is 306 g/mol. The number of hydrogen-bond acceptors (Lipinski definition) is 6. The molecule has 0 aliphatic carbocycles. The number of rotatable bonds is 6. The fourth-order valence-electron chi connectivity index (χ4n) is 2.33. The van der Waals surface area contributed by atoms with E-state index in [4.69, 9.17) is 0 Å². The van der Waals surface area contributed by atoms with E-state index in [1.807, 2.05) is 14.1 Å². The molecule has 0 saturated carbocycles. The van der Waals surface area contributed by atoms with Gasteiger partial charge in [0, 0.05) is 32.7 Å². The van der Waals surface area contributed by atoms with Crippen molar-refractivity contribution < 1.29 is 4.79 Å². The first-order valence-electron chi connectivity index (χ1n) is 7.75. The van der Waals surface area contributed by atoms with Gasteiger partial charge in [0.25, 0.3) is 5.91 Å². The normalized spacial score (nSPS) is 16.1. The molecule has 1 amide bonds. The van der Waals surface area contributed by atoms with Crippen LogP contribution in [0.2, 0.25) is 0 Å². The molecule has 0 unspecified atom stereocenters. The van der Waals surface area contributed by atoms with E-state index in [0.29, 0.717) is 12.2 Å². The minimum atomic E-state index is -0.156. The first kappa shape index (κ1) is 16.6. The zero-order valence-corrected chi connectivity index (χ0v) is 13.7. The number of amides is 1. The molecule has 1 aliphatic heterocycles. The third-order valence-corrected chi connectivity index (χ3v) is 3.77. The van der Waals surface area contributed by atoms with Gasteiger partial charge in [0.15, 0.2) is 0 Å². The van der Waals surface area contributed by atoms with E-state index in [0.717, 1.165) is 45.0 Å². The molecule has 1 aromatic heterocycles. The van der Waals surface area contributed by atoms with E-state index in [9.17, 15) is 4.79 Å². The van der Waals surface area contributed by atoms with Gasteiger partial charge in [-0.05, 0) is 34.1 Å². The van der Waals surface area contributed by atoms with Gasteiger partial charge in [-0.2, -0.15) is 0 Å². The summed E-state index contributed by atoms with van der Waals surface area (Å²) >= 11 is 0. The Morgan fingerprint density at radius 1 is 1.23 bits per heavy atom. The molecule has 0 atom stereocenters. The number of piperazine rings is 1. The Bertz CT molecular complexity index is 467. The van der Waals surface area contributed by atoms with E-state index in [2.05, 4.69) is 37.0 Å². The fourth-order valence-corrected chi connectivity index (χ4v) is 2.33. The number of aromatic nitrogens is 2. The minimum Gasteiger partial charge on any atom is -0.353 e. The Morgan fingerprint density at radius 3 is 2.55 bits per heavy atom. The average Bonchev–Trinajstić information content (AvgIpc) is 2.52. The Morgan fingerprint density at radius 2 is 1.95 bits per heavy atom. The number of carbonyl (C=O) groups excluding carboxylic acids is 1. The van der Waals surface area contributed by atoms with Crippen LogP contribution in [0.1, 0.15) is 16.9 Å². The topological polar surface area (TPSA) is 64.6 Å². The van der Waals surface area contributed by atoms with Gasteiger partial charge in [0.2, 0.25) is 0 Å². The molecule has 1 aliphatic rings. The smallest absolute Gasteiger partial charge is 0.271 e. The molecule has 22 heavy (non-hydrogen) atoms. The number of carbonyl (C=O) groups is 1. The molecule has 0 bridgehead atoms. The van der Waals surface area contributed by atoms with E-state index >= 15 is 0 Å². The zero-order valence-electron chi connectivity index (χ0n) is 13.7. The van der Waals surface area contributed by atoms with Crippen molar-refractivity contribution in [1.82, 2.24) is 25.1 Å². The SMILES string of the molecule is CN(C)CCCNC(=O)c1cnc(N2CCN(C)CC2)cn1. The summed E-state index contributed by atoms with van der Waals surface area (Å²) < 4.78 is 0. The maximum absolute atomic E-state index is 12.0. The molecular weight excluding hydrogens is 280 g/mol. The number of anilines is 1. The quantitative estimate of drug-likeness (QED) is 0.741. The Hall–Kier alpha value is -1.73. The van der Waals surface area contributed by atoms with E-state index in [1.54, 1.807) is 12.4 Å². The third-order valence-electron chi connectivity index (χ3n) is 3.77. The highest BCUT2D eigenvalue weighted by Gasteiger charge is 2.16. The van der Waals surface area contributed by atoms with Gasteiger partial charge < -0.3 is 20.0 Å². The standard InChI is InChI=1S/C15H26N6O/c1-19(2)6-4-5-16-15(22)13-11-18-14(12-17-13)21-9-7-20(3)8-10-21/h11-12H,4-10H2,1-3H3,(H,16,22). The van der Waals surface area contributed by atoms with Gasteiger partial charge in [-0.1, -0.05) is 0 Å². The summed E-state index contributed by atoms with van der Waals surface area (Å²) in [6.45, 7) is 5.54. The minimum absolute atomic E-state index is 0.156. The van der Waals surface area contributed by atoms with Crippen molar-refractivity contribution >= 4 is 11.7 Å². The molecule has 1 fully saturated rings. The Balaban J connectivity index is 1.82. The maximum Gasteiger partial charge on any atom is 0.271 e. The molecule has 122 valence electrons. The fraction of sp³-hybridized carbons (Fsp3) is 0.667. The second kappa shape index (κ2) is 8.05. The van der Waals surface area contributed by atoms with Crippen molar-refractivity contribution in [2.45, 2.75) is 6.42 Å². The maximum atomic E-state index is 12.0. The lowest BCUT2D eigenvalue weighted by Crippen LogP contribution is -2.44. The van der Waals surface area contributed by atoms with Crippen LogP contribution in [-0.4, -0.2) is 86.1 Å². The van der Waals surface area contributed by atoms with Crippen LogP contribution < -0.4 is 10.2 Å². The largest absolute Gasteiger partial charge is 0.353 e. The van der Waals surface area contributed by atoms with Gasteiger partial charge in [0.1, 0.15) is 11.5 Å². The highest BCUT2D eigenvalue weighted by Crippen LogP contribution is 2.11. The summed E-state index contributed by atoms with van der Waals surface area (Å²) in [6, 6.07) is 0. The predicted octanol–water partition coefficient (Wildman–Crippen LogP) is -0.0901. The first-order valence-corrected chi connectivity index (χ1v) is 7.75. The summed E-state index contributed by atoms with van der Waals surface area (Å²) in [5.74, 6) is 0.688. The van der Waals surface area contributed by atoms with Crippen LogP contribution in [0.5, 0.6) is 0 Å². The molecule has 1 saturated heterocycles. The van der Waals surface area contributed by atoms with Gasteiger partial charge in [-0.3, -0.25) is 4.79 Å². The number of nitrogens with zero attached hydrogens (tertiary/aromatic N) is 5. The summed E-state index contributed by atoms with van der Waals surface area (Å²) in [5.41, 5.74) is 0.378. The molecule has 0 radical (unpaired) electrons. The first-order chi connectivity index (χ1) is 10.6. The van der Waals surface area contributed by atoms with Crippen LogP contribution in [0, 0.1) is 0 Å². The van der Waals surface area contributed by atoms with Gasteiger partial charge in [-0.15, -0.1) is 0 Å². The monoisotopic (exact) mass is 306 g/mol. The number of nitrogens with one attached hydrogen (secondary N) is 1. The molecule has 7 heteroatoms. The van der Waals surface area contributed by atoms with E-state index in [1.165, 1.54) is 0 Å². The highest BCUT2D eigenvalue weighted by atomic mass is 16.1. The van der Waals surface area contributed by atoms with Gasteiger partial charge >= 0.3 is 0 Å². The van der Waals surface area contributed by atoms with Crippen LogP contribution in [0.25, 0.3) is 0 Å². The van der Waals surface area contributed by atoms with Crippen LogP contribution in [0.15, 0.2) is 12.4 Å². The second-order valence-electron chi connectivity index (χ2n) is 5.96. The van der Waals surface area contributed by atoms with Gasteiger partial charge in [0.05, 0.1) is 12.4 Å². The van der Waals surface area contributed by atoms with Crippen molar-refractivity contribution in [2.75, 3.05) is 65.3 Å². The summed E-state index contributed by atoms with van der Waals surface area (Å²) in [5, 5.41) is 2.87. The second-order valence-corrected chi connectivity index (χ2v) is 5.96. The zero-order chi connectivity index (χ0) is 15.9. The van der Waals surface area contributed by atoms with Gasteiger partial charge in [-0.25, -0.2) is 9.97 Å². The van der Waals surface area contributed by atoms with Crippen molar-refractivity contribution in [3.8, 4) is 0 Å². The van der Waals surface area contributed by atoms with Crippen LogP contribution in [0.4, 0.5) is 5.82 Å². The van der Waals surface area contributed by atoms with Crippen molar-refractivity contribution in [3.63, 3.8) is 0 Å². The summed E-state index contributed by atoms with van der Waals surface area (Å²) in [7, 11) is 6.15. The molecule has 2 rings (SSSR count). The molecule has 2 heterocycles. The van der Waals surface area contributed by atoms with Crippen molar-refractivity contribution in [2.24, 2.45) is 0 Å². The number of likely N-dealkylation sites (N-methyl/N-ethyl adjacent to an activating group) is 1. The number of hydrogen-bond donors (Lipinski definition) is 1. The Labute approximate surface area is 132 Å². The molecule has 1 aromatic rings. The molecule has 0 spiro atoms. The molecule has 7 nitrogen and oxygen atoms in total. The third kappa shape index (κ3) is 4.92. The predicted molar refractivity (Wildman–Crippen MR) is 87.2 cm³/mol. The van der Waals surface area contributed by atoms with Crippen molar-refractivity contribution in [1.29, 1.82) is 0 Å². The summed E-state index contributed by atoms with van der Waals surface area (Å²) in [4.78, 5) is 27.2. The Kier molecular flexibility index (Phi) is 6.09. The molecule has 0 aromatic carbocycles. The van der Waals surface area contributed by atoms with Crippen LogP contribution >= 0.6 is 0 Å². The van der Waals surface area contributed by atoms with E-state index < -0.39 is 0 Å². The summed E-state index contributed by atoms with van der Waals surface area (Å²) in [6.07, 6.45) is 4.18. The lowest BCUT2D eigenvalue weighted by atomic mass is 10.3. The van der Waals surface area contributed by atoms with Crippen LogP contribution in [0.3, 0.4) is 0 Å².